The SMILES string of the molecule is CCOc1cc(Br)cc(/C=C(\C#N)C(=O)Nc2ccccc2C)c1. The molecule has 0 saturated heterocycles. The highest BCUT2D eigenvalue weighted by Gasteiger charge is 2.11. The van der Waals surface area contributed by atoms with E-state index in [4.69, 9.17) is 4.74 Å². The van der Waals surface area contributed by atoms with Crippen molar-refractivity contribution < 1.29 is 9.53 Å². The zero-order valence-corrected chi connectivity index (χ0v) is 15.1. The third kappa shape index (κ3) is 4.71. The van der Waals surface area contributed by atoms with Gasteiger partial charge in [0, 0.05) is 10.2 Å². The molecule has 4 nitrogen and oxygen atoms in total. The summed E-state index contributed by atoms with van der Waals surface area (Å²) in [5, 5.41) is 12.1. The zero-order valence-electron chi connectivity index (χ0n) is 13.5. The van der Waals surface area contributed by atoms with Crippen molar-refractivity contribution in [3.05, 3.63) is 63.6 Å². The number of nitriles is 1. The Morgan fingerprint density at radius 2 is 2.08 bits per heavy atom. The lowest BCUT2D eigenvalue weighted by Crippen LogP contribution is -2.14. The fourth-order valence-corrected chi connectivity index (χ4v) is 2.63. The summed E-state index contributed by atoms with van der Waals surface area (Å²) >= 11 is 3.40. The van der Waals surface area contributed by atoms with Crippen LogP contribution in [-0.2, 0) is 4.79 Å². The van der Waals surface area contributed by atoms with E-state index in [1.54, 1.807) is 18.2 Å². The predicted octanol–water partition coefficient (Wildman–Crippen LogP) is 4.70. The van der Waals surface area contributed by atoms with Gasteiger partial charge < -0.3 is 10.1 Å². The van der Waals surface area contributed by atoms with Crippen LogP contribution in [0.3, 0.4) is 0 Å². The first-order valence-electron chi connectivity index (χ1n) is 7.45. The second kappa shape index (κ2) is 8.32. The molecule has 122 valence electrons. The molecule has 0 aliphatic heterocycles. The molecule has 2 rings (SSSR count). The van der Waals surface area contributed by atoms with Gasteiger partial charge in [-0.05, 0) is 55.3 Å². The number of nitrogens with one attached hydrogen (secondary N) is 1. The summed E-state index contributed by atoms with van der Waals surface area (Å²) < 4.78 is 6.29. The Bertz CT molecular complexity index is 822. The van der Waals surface area contributed by atoms with Crippen molar-refractivity contribution in [1.82, 2.24) is 0 Å². The third-order valence-corrected chi connectivity index (χ3v) is 3.73. The molecule has 0 spiro atoms. The summed E-state index contributed by atoms with van der Waals surface area (Å²) in [6, 6.07) is 14.8. The highest BCUT2D eigenvalue weighted by atomic mass is 79.9. The van der Waals surface area contributed by atoms with Crippen molar-refractivity contribution in [2.45, 2.75) is 13.8 Å². The number of hydrogen-bond acceptors (Lipinski definition) is 3. The van der Waals surface area contributed by atoms with E-state index in [0.29, 0.717) is 23.6 Å². The number of hydrogen-bond donors (Lipinski definition) is 1. The number of halogens is 1. The van der Waals surface area contributed by atoms with Crippen LogP contribution in [0.4, 0.5) is 5.69 Å². The maximum absolute atomic E-state index is 12.4. The molecule has 0 heterocycles. The van der Waals surface area contributed by atoms with Crippen LogP contribution >= 0.6 is 15.9 Å². The van der Waals surface area contributed by atoms with Crippen molar-refractivity contribution in [3.8, 4) is 11.8 Å². The molecule has 0 fully saturated rings. The maximum Gasteiger partial charge on any atom is 0.266 e. The Hall–Kier alpha value is -2.58. The van der Waals surface area contributed by atoms with Gasteiger partial charge in [0.15, 0.2) is 0 Å². The Morgan fingerprint density at radius 3 is 2.75 bits per heavy atom. The fraction of sp³-hybridized carbons (Fsp3) is 0.158. The maximum atomic E-state index is 12.4. The van der Waals surface area contributed by atoms with Crippen LogP contribution < -0.4 is 10.1 Å². The Labute approximate surface area is 149 Å². The van der Waals surface area contributed by atoms with Gasteiger partial charge in [0.05, 0.1) is 6.61 Å². The van der Waals surface area contributed by atoms with Gasteiger partial charge in [0.2, 0.25) is 0 Å². The van der Waals surface area contributed by atoms with Crippen molar-refractivity contribution in [3.63, 3.8) is 0 Å². The topological polar surface area (TPSA) is 62.1 Å². The average Bonchev–Trinajstić information content (AvgIpc) is 2.54. The average molecular weight is 385 g/mol. The molecule has 0 radical (unpaired) electrons. The molecule has 0 unspecified atom stereocenters. The number of para-hydroxylation sites is 1. The molecule has 0 aliphatic carbocycles. The number of ether oxygens (including phenoxy) is 1. The highest BCUT2D eigenvalue weighted by molar-refractivity contribution is 9.10. The minimum absolute atomic E-state index is 0.0267. The summed E-state index contributed by atoms with van der Waals surface area (Å²) in [6.07, 6.45) is 1.54. The summed E-state index contributed by atoms with van der Waals surface area (Å²) in [6.45, 7) is 4.33. The number of carbonyl (C=O) groups excluding carboxylic acids is 1. The molecular formula is C19H17BrN2O2. The van der Waals surface area contributed by atoms with E-state index in [2.05, 4.69) is 21.2 Å². The lowest BCUT2D eigenvalue weighted by molar-refractivity contribution is -0.112. The van der Waals surface area contributed by atoms with Gasteiger partial charge in [-0.1, -0.05) is 34.1 Å². The van der Waals surface area contributed by atoms with E-state index in [0.717, 1.165) is 10.0 Å². The second-order valence-electron chi connectivity index (χ2n) is 5.09. The lowest BCUT2D eigenvalue weighted by Gasteiger charge is -2.08. The third-order valence-electron chi connectivity index (χ3n) is 3.27. The quantitative estimate of drug-likeness (QED) is 0.599. The Kier molecular flexibility index (Phi) is 6.16. The molecule has 0 aliphatic rings. The zero-order chi connectivity index (χ0) is 17.5. The molecular weight excluding hydrogens is 368 g/mol. The number of anilines is 1. The predicted molar refractivity (Wildman–Crippen MR) is 98.7 cm³/mol. The summed E-state index contributed by atoms with van der Waals surface area (Å²) in [5.74, 6) is 0.236. The monoisotopic (exact) mass is 384 g/mol. The van der Waals surface area contributed by atoms with Crippen LogP contribution in [0.25, 0.3) is 6.08 Å². The smallest absolute Gasteiger partial charge is 0.266 e. The number of nitrogens with zero attached hydrogens (tertiary/aromatic N) is 1. The summed E-state index contributed by atoms with van der Waals surface area (Å²) in [4.78, 5) is 12.4. The molecule has 1 N–H and O–H groups in total. The van der Waals surface area contributed by atoms with E-state index in [1.165, 1.54) is 0 Å². The molecule has 2 aromatic carbocycles. The van der Waals surface area contributed by atoms with Gasteiger partial charge in [-0.2, -0.15) is 5.26 Å². The Morgan fingerprint density at radius 1 is 1.33 bits per heavy atom. The normalized spacial score (nSPS) is 10.8. The van der Waals surface area contributed by atoms with Gasteiger partial charge in [-0.25, -0.2) is 0 Å². The molecule has 2 aromatic rings. The lowest BCUT2D eigenvalue weighted by atomic mass is 10.1. The number of benzene rings is 2. The van der Waals surface area contributed by atoms with Crippen LogP contribution in [0.15, 0.2) is 52.5 Å². The Balaban J connectivity index is 2.27. The van der Waals surface area contributed by atoms with E-state index in [9.17, 15) is 10.1 Å². The number of rotatable bonds is 5. The van der Waals surface area contributed by atoms with Gasteiger partial charge in [-0.15, -0.1) is 0 Å². The first-order valence-corrected chi connectivity index (χ1v) is 8.25. The van der Waals surface area contributed by atoms with Crippen LogP contribution in [0.2, 0.25) is 0 Å². The molecule has 24 heavy (non-hydrogen) atoms. The molecule has 0 aromatic heterocycles. The van der Waals surface area contributed by atoms with E-state index in [1.807, 2.05) is 50.2 Å². The first kappa shape index (κ1) is 17.8. The van der Waals surface area contributed by atoms with E-state index in [-0.39, 0.29) is 5.57 Å². The van der Waals surface area contributed by atoms with E-state index < -0.39 is 5.91 Å². The van der Waals surface area contributed by atoms with Crippen LogP contribution in [-0.4, -0.2) is 12.5 Å². The highest BCUT2D eigenvalue weighted by Crippen LogP contribution is 2.23. The van der Waals surface area contributed by atoms with Gasteiger partial charge >= 0.3 is 0 Å². The molecule has 1 amide bonds. The summed E-state index contributed by atoms with van der Waals surface area (Å²) in [5.41, 5.74) is 2.36. The van der Waals surface area contributed by atoms with Gasteiger partial charge in [0.25, 0.3) is 5.91 Å². The van der Waals surface area contributed by atoms with E-state index >= 15 is 0 Å². The van der Waals surface area contributed by atoms with Crippen molar-refractivity contribution in [1.29, 1.82) is 5.26 Å². The van der Waals surface area contributed by atoms with Gasteiger partial charge in [0.1, 0.15) is 17.4 Å². The molecule has 0 bridgehead atoms. The number of carbonyl (C=O) groups is 1. The van der Waals surface area contributed by atoms with Crippen molar-refractivity contribution >= 4 is 33.6 Å². The van der Waals surface area contributed by atoms with Crippen molar-refractivity contribution in [2.75, 3.05) is 11.9 Å². The molecule has 0 saturated carbocycles. The largest absolute Gasteiger partial charge is 0.494 e. The first-order chi connectivity index (χ1) is 11.5. The number of amides is 1. The van der Waals surface area contributed by atoms with Gasteiger partial charge in [-0.3, -0.25) is 4.79 Å². The van der Waals surface area contributed by atoms with Crippen LogP contribution in [0.5, 0.6) is 5.75 Å². The minimum Gasteiger partial charge on any atom is -0.494 e. The molecule has 0 atom stereocenters. The number of aryl methyl sites for hydroxylation is 1. The fourth-order valence-electron chi connectivity index (χ4n) is 2.14. The van der Waals surface area contributed by atoms with Crippen molar-refractivity contribution in [2.24, 2.45) is 0 Å². The van der Waals surface area contributed by atoms with Crippen LogP contribution in [0.1, 0.15) is 18.1 Å². The standard InChI is InChI=1S/C19H17BrN2O2/c1-3-24-17-10-14(9-16(20)11-17)8-15(12-21)19(23)22-18-7-5-4-6-13(18)2/h4-11H,3H2,1-2H3,(H,22,23)/b15-8+. The second-order valence-corrected chi connectivity index (χ2v) is 6.01. The van der Waals surface area contributed by atoms with Crippen LogP contribution in [0, 0.1) is 18.3 Å². The summed E-state index contributed by atoms with van der Waals surface area (Å²) in [7, 11) is 0. The molecule has 5 heteroatoms. The minimum atomic E-state index is -0.440.